The Morgan fingerprint density at radius 3 is 2.79 bits per heavy atom. The van der Waals surface area contributed by atoms with Gasteiger partial charge in [-0.05, 0) is 25.0 Å². The Hall–Kier alpha value is -1.63. The molecular weight excluding hydrogens is 230 g/mol. The van der Waals surface area contributed by atoms with Crippen molar-refractivity contribution in [1.82, 2.24) is 0 Å². The minimum atomic E-state index is 0.0636. The van der Waals surface area contributed by atoms with Crippen molar-refractivity contribution >= 4 is 6.21 Å². The number of hydrogen-bond donors (Lipinski definition) is 0. The first-order valence-corrected chi connectivity index (χ1v) is 7.03. The molecule has 0 saturated heterocycles. The van der Waals surface area contributed by atoms with Crippen LogP contribution in [0.4, 0.5) is 0 Å². The lowest BCUT2D eigenvalue weighted by molar-refractivity contribution is 0.624. The van der Waals surface area contributed by atoms with Crippen LogP contribution in [0.5, 0.6) is 0 Å². The van der Waals surface area contributed by atoms with Crippen molar-refractivity contribution in [2.45, 2.75) is 40.5 Å². The van der Waals surface area contributed by atoms with Crippen LogP contribution in [-0.2, 0) is 0 Å². The third kappa shape index (κ3) is 5.69. The Labute approximate surface area is 117 Å². The average molecular weight is 255 g/mol. The van der Waals surface area contributed by atoms with Crippen LogP contribution < -0.4 is 0 Å². The molecule has 0 atom stereocenters. The average Bonchev–Trinajstić information content (AvgIpc) is 2.54. The fraction of sp³-hybridized carbons (Fsp3) is 0.389. The molecule has 0 amide bonds. The molecule has 0 spiro atoms. The van der Waals surface area contributed by atoms with Crippen molar-refractivity contribution < 1.29 is 0 Å². The normalized spacial score (nSPS) is 19.2. The molecule has 0 bridgehead atoms. The van der Waals surface area contributed by atoms with Crippen LogP contribution in [-0.4, -0.2) is 6.21 Å². The molecule has 0 fully saturated rings. The zero-order chi connectivity index (χ0) is 14.1. The molecule has 1 aliphatic rings. The van der Waals surface area contributed by atoms with Gasteiger partial charge < -0.3 is 0 Å². The lowest BCUT2D eigenvalue weighted by Crippen LogP contribution is -2.03. The summed E-state index contributed by atoms with van der Waals surface area (Å²) in [5.74, 6) is 0. The molecular formula is C18H25N. The zero-order valence-electron chi connectivity index (χ0n) is 12.6. The molecule has 1 heteroatoms. The molecule has 0 aromatic heterocycles. The smallest absolute Gasteiger partial charge is 0.0695 e. The summed E-state index contributed by atoms with van der Waals surface area (Å²) in [6.07, 6.45) is 21.1. The number of aliphatic imine (C=N–C) groups is 1. The van der Waals surface area contributed by atoms with Crippen molar-refractivity contribution in [3.05, 3.63) is 59.9 Å². The van der Waals surface area contributed by atoms with E-state index in [0.29, 0.717) is 0 Å². The standard InChI is InChI=1S/C18H25N/c1-5-7-12-17(19-14-8-6-2)16-11-9-10-13-18(3,4)15-16/h5,7,9-15H,6,8H2,1-4H3/b7-5-,17-12-,19-14?. The summed E-state index contributed by atoms with van der Waals surface area (Å²) in [6.45, 7) is 8.60. The number of rotatable bonds is 5. The Balaban J connectivity index is 3.07. The Kier molecular flexibility index (Phi) is 6.27. The molecule has 1 nitrogen and oxygen atoms in total. The quantitative estimate of drug-likeness (QED) is 0.461. The van der Waals surface area contributed by atoms with E-state index < -0.39 is 0 Å². The van der Waals surface area contributed by atoms with Crippen molar-refractivity contribution in [3.63, 3.8) is 0 Å². The van der Waals surface area contributed by atoms with Gasteiger partial charge in [-0.25, -0.2) is 0 Å². The maximum absolute atomic E-state index is 4.62. The summed E-state index contributed by atoms with van der Waals surface area (Å²) in [6, 6.07) is 0. The van der Waals surface area contributed by atoms with Gasteiger partial charge >= 0.3 is 0 Å². The summed E-state index contributed by atoms with van der Waals surface area (Å²) in [5, 5.41) is 0. The van der Waals surface area contributed by atoms with Crippen molar-refractivity contribution in [2.75, 3.05) is 0 Å². The van der Waals surface area contributed by atoms with E-state index in [1.54, 1.807) is 0 Å². The van der Waals surface area contributed by atoms with Crippen molar-refractivity contribution in [2.24, 2.45) is 10.4 Å². The first-order valence-electron chi connectivity index (χ1n) is 7.03. The molecule has 0 aromatic rings. The number of unbranched alkanes of at least 4 members (excludes halogenated alkanes) is 1. The highest BCUT2D eigenvalue weighted by atomic mass is 14.7. The molecule has 0 aromatic carbocycles. The summed E-state index contributed by atoms with van der Waals surface area (Å²) < 4.78 is 0. The molecule has 0 N–H and O–H groups in total. The SMILES string of the molecule is C/C=C\C=C(/N=CCCC)C1=CC(C)(C)C=CC=C1. The summed E-state index contributed by atoms with van der Waals surface area (Å²) >= 11 is 0. The Morgan fingerprint density at radius 2 is 2.11 bits per heavy atom. The molecule has 19 heavy (non-hydrogen) atoms. The Bertz CT molecular complexity index is 454. The van der Waals surface area contributed by atoms with Crippen molar-refractivity contribution in [3.8, 4) is 0 Å². The number of nitrogens with zero attached hydrogens (tertiary/aromatic N) is 1. The van der Waals surface area contributed by atoms with Gasteiger partial charge in [0, 0.05) is 11.6 Å². The minimum Gasteiger partial charge on any atom is -0.261 e. The van der Waals surface area contributed by atoms with Crippen molar-refractivity contribution in [1.29, 1.82) is 0 Å². The van der Waals surface area contributed by atoms with E-state index in [-0.39, 0.29) is 5.41 Å². The predicted molar refractivity (Wildman–Crippen MR) is 86.4 cm³/mol. The minimum absolute atomic E-state index is 0.0636. The number of hydrogen-bond acceptors (Lipinski definition) is 1. The zero-order valence-corrected chi connectivity index (χ0v) is 12.6. The van der Waals surface area contributed by atoms with E-state index in [2.05, 4.69) is 62.2 Å². The van der Waals surface area contributed by atoms with Crippen LogP contribution in [0.15, 0.2) is 64.9 Å². The molecule has 102 valence electrons. The van der Waals surface area contributed by atoms with E-state index >= 15 is 0 Å². The fourth-order valence-corrected chi connectivity index (χ4v) is 1.81. The third-order valence-electron chi connectivity index (χ3n) is 2.83. The van der Waals surface area contributed by atoms with Gasteiger partial charge in [0.25, 0.3) is 0 Å². The second kappa shape index (κ2) is 7.73. The van der Waals surface area contributed by atoms with Gasteiger partial charge in [-0.1, -0.05) is 69.7 Å². The first kappa shape index (κ1) is 15.4. The molecule has 0 saturated carbocycles. The van der Waals surface area contributed by atoms with Crippen LogP contribution in [0, 0.1) is 5.41 Å². The molecule has 1 aliphatic carbocycles. The summed E-state index contributed by atoms with van der Waals surface area (Å²) in [4.78, 5) is 4.62. The van der Waals surface area contributed by atoms with Gasteiger partial charge in [-0.3, -0.25) is 4.99 Å². The van der Waals surface area contributed by atoms with Crippen LogP contribution in [0.2, 0.25) is 0 Å². The van der Waals surface area contributed by atoms with E-state index in [0.717, 1.165) is 18.5 Å². The second-order valence-corrected chi connectivity index (χ2v) is 5.32. The van der Waals surface area contributed by atoms with Crippen LogP contribution in [0.1, 0.15) is 40.5 Å². The monoisotopic (exact) mass is 255 g/mol. The predicted octanol–water partition coefficient (Wildman–Crippen LogP) is 5.40. The van der Waals surface area contributed by atoms with Gasteiger partial charge in [0.15, 0.2) is 0 Å². The van der Waals surface area contributed by atoms with Crippen LogP contribution in [0.3, 0.4) is 0 Å². The second-order valence-electron chi connectivity index (χ2n) is 5.32. The molecule has 0 heterocycles. The van der Waals surface area contributed by atoms with E-state index in [1.165, 1.54) is 5.57 Å². The topological polar surface area (TPSA) is 12.4 Å². The summed E-state index contributed by atoms with van der Waals surface area (Å²) in [7, 11) is 0. The molecule has 0 aliphatic heterocycles. The lowest BCUT2D eigenvalue weighted by atomic mass is 9.90. The van der Waals surface area contributed by atoms with Gasteiger partial charge in [0.05, 0.1) is 5.70 Å². The number of allylic oxidation sites excluding steroid dienone is 8. The Morgan fingerprint density at radius 1 is 1.32 bits per heavy atom. The van der Waals surface area contributed by atoms with E-state index in [4.69, 9.17) is 0 Å². The van der Waals surface area contributed by atoms with Gasteiger partial charge in [-0.15, -0.1) is 0 Å². The van der Waals surface area contributed by atoms with Gasteiger partial charge in [0.2, 0.25) is 0 Å². The highest BCUT2D eigenvalue weighted by molar-refractivity contribution is 5.61. The van der Waals surface area contributed by atoms with Gasteiger partial charge in [-0.2, -0.15) is 0 Å². The van der Waals surface area contributed by atoms with Crippen LogP contribution >= 0.6 is 0 Å². The maximum atomic E-state index is 4.62. The molecule has 0 radical (unpaired) electrons. The highest BCUT2D eigenvalue weighted by Crippen LogP contribution is 2.27. The molecule has 0 unspecified atom stereocenters. The molecule has 1 rings (SSSR count). The fourth-order valence-electron chi connectivity index (χ4n) is 1.81. The third-order valence-corrected chi connectivity index (χ3v) is 2.83. The largest absolute Gasteiger partial charge is 0.261 e. The highest BCUT2D eigenvalue weighted by Gasteiger charge is 2.13. The first-order chi connectivity index (χ1) is 9.09. The summed E-state index contributed by atoms with van der Waals surface area (Å²) in [5.41, 5.74) is 2.27. The lowest BCUT2D eigenvalue weighted by Gasteiger charge is -2.15. The van der Waals surface area contributed by atoms with Crippen LogP contribution in [0.25, 0.3) is 0 Å². The van der Waals surface area contributed by atoms with Gasteiger partial charge in [0.1, 0.15) is 0 Å². The maximum Gasteiger partial charge on any atom is 0.0695 e. The van der Waals surface area contributed by atoms with E-state index in [1.807, 2.05) is 25.3 Å². The van der Waals surface area contributed by atoms with E-state index in [9.17, 15) is 0 Å².